The molecule has 0 aliphatic rings. The Hall–Kier alpha value is -2.34. The summed E-state index contributed by atoms with van der Waals surface area (Å²) in [4.78, 5) is 0. The first-order chi connectivity index (χ1) is 15.3. The molecule has 0 aliphatic carbocycles. The minimum absolute atomic E-state index is 0.692. The van der Waals surface area contributed by atoms with Crippen LogP contribution in [0.25, 0.3) is 0 Å². The van der Waals surface area contributed by atoms with Crippen LogP contribution in [0.5, 0.6) is 0 Å². The molecule has 0 N–H and O–H groups in total. The summed E-state index contributed by atoms with van der Waals surface area (Å²) >= 11 is 0. The van der Waals surface area contributed by atoms with Crippen molar-refractivity contribution in [1.29, 1.82) is 0 Å². The molecule has 2 aromatic carbocycles. The SMILES string of the molecule is C=C/C=C(C)\C=C\CC(C)CCc1cc(C)c(C)cc1CCC(C)Cc1cccc(C)c1. The predicted octanol–water partition coefficient (Wildman–Crippen LogP) is 9.07. The lowest BCUT2D eigenvalue weighted by Crippen LogP contribution is -2.06. The highest BCUT2D eigenvalue weighted by atomic mass is 14.2. The molecule has 0 heteroatoms. The molecule has 0 saturated heterocycles. The van der Waals surface area contributed by atoms with Gasteiger partial charge in [-0.25, -0.2) is 0 Å². The largest absolute Gasteiger partial charge is 0.0991 e. The molecule has 0 amide bonds. The van der Waals surface area contributed by atoms with Gasteiger partial charge in [-0.05, 0) is 106 Å². The molecular weight excluding hydrogens is 384 g/mol. The zero-order chi connectivity index (χ0) is 23.5. The van der Waals surface area contributed by atoms with Crippen molar-refractivity contribution in [2.75, 3.05) is 0 Å². The fourth-order valence-corrected chi connectivity index (χ4v) is 4.39. The van der Waals surface area contributed by atoms with Gasteiger partial charge in [-0.1, -0.05) is 92.3 Å². The molecular formula is C32H44. The number of aryl methyl sites for hydroxylation is 5. The summed E-state index contributed by atoms with van der Waals surface area (Å²) in [5.41, 5.74) is 10.1. The average molecular weight is 429 g/mol. The van der Waals surface area contributed by atoms with E-state index in [0.29, 0.717) is 11.8 Å². The molecule has 0 nitrogen and oxygen atoms in total. The Labute approximate surface area is 198 Å². The Morgan fingerprint density at radius 1 is 0.906 bits per heavy atom. The molecule has 0 aromatic heterocycles. The van der Waals surface area contributed by atoms with Crippen LogP contribution in [0.4, 0.5) is 0 Å². The van der Waals surface area contributed by atoms with E-state index in [-0.39, 0.29) is 0 Å². The van der Waals surface area contributed by atoms with Crippen molar-refractivity contribution < 1.29 is 0 Å². The van der Waals surface area contributed by atoms with Crippen LogP contribution < -0.4 is 0 Å². The van der Waals surface area contributed by atoms with E-state index in [1.165, 1.54) is 59.9 Å². The van der Waals surface area contributed by atoms with Crippen LogP contribution in [0.1, 0.15) is 73.4 Å². The van der Waals surface area contributed by atoms with Crippen LogP contribution in [0.3, 0.4) is 0 Å². The van der Waals surface area contributed by atoms with Crippen molar-refractivity contribution in [3.05, 3.63) is 106 Å². The van der Waals surface area contributed by atoms with E-state index < -0.39 is 0 Å². The van der Waals surface area contributed by atoms with Crippen molar-refractivity contribution in [2.45, 2.75) is 80.1 Å². The third-order valence-electron chi connectivity index (χ3n) is 6.60. The third-order valence-corrected chi connectivity index (χ3v) is 6.60. The average Bonchev–Trinajstić information content (AvgIpc) is 2.73. The molecule has 2 unspecified atom stereocenters. The highest BCUT2D eigenvalue weighted by Crippen LogP contribution is 2.24. The highest BCUT2D eigenvalue weighted by Gasteiger charge is 2.11. The molecule has 172 valence electrons. The molecule has 32 heavy (non-hydrogen) atoms. The monoisotopic (exact) mass is 428 g/mol. The third kappa shape index (κ3) is 9.03. The Morgan fingerprint density at radius 2 is 1.53 bits per heavy atom. The van der Waals surface area contributed by atoms with Crippen molar-refractivity contribution in [1.82, 2.24) is 0 Å². The Kier molecular flexibility index (Phi) is 10.7. The Bertz CT molecular complexity index is 925. The van der Waals surface area contributed by atoms with Gasteiger partial charge >= 0.3 is 0 Å². The van der Waals surface area contributed by atoms with E-state index in [9.17, 15) is 0 Å². The fourth-order valence-electron chi connectivity index (χ4n) is 4.39. The molecule has 2 atom stereocenters. The van der Waals surface area contributed by atoms with Crippen LogP contribution in [0.2, 0.25) is 0 Å². The quantitative estimate of drug-likeness (QED) is 0.296. The normalized spacial score (nSPS) is 14.0. The van der Waals surface area contributed by atoms with Crippen molar-refractivity contribution in [3.8, 4) is 0 Å². The molecule has 0 radical (unpaired) electrons. The van der Waals surface area contributed by atoms with Gasteiger partial charge in [-0.15, -0.1) is 0 Å². The van der Waals surface area contributed by atoms with E-state index >= 15 is 0 Å². The molecule has 0 heterocycles. The van der Waals surface area contributed by atoms with Crippen molar-refractivity contribution in [3.63, 3.8) is 0 Å². The van der Waals surface area contributed by atoms with Gasteiger partial charge in [0.1, 0.15) is 0 Å². The molecule has 0 aliphatic heterocycles. The second-order valence-electron chi connectivity index (χ2n) is 9.97. The van der Waals surface area contributed by atoms with E-state index in [1.54, 1.807) is 11.1 Å². The molecule has 0 fully saturated rings. The lowest BCUT2D eigenvalue weighted by Gasteiger charge is -2.17. The molecule has 0 saturated carbocycles. The summed E-state index contributed by atoms with van der Waals surface area (Å²) in [6, 6.07) is 13.9. The lowest BCUT2D eigenvalue weighted by molar-refractivity contribution is 0.522. The van der Waals surface area contributed by atoms with Crippen LogP contribution in [-0.2, 0) is 19.3 Å². The Morgan fingerprint density at radius 3 is 2.12 bits per heavy atom. The lowest BCUT2D eigenvalue weighted by atomic mass is 9.88. The van der Waals surface area contributed by atoms with E-state index in [2.05, 4.69) is 103 Å². The first-order valence-corrected chi connectivity index (χ1v) is 12.4. The van der Waals surface area contributed by atoms with Crippen LogP contribution >= 0.6 is 0 Å². The number of allylic oxidation sites excluding steroid dienone is 5. The minimum Gasteiger partial charge on any atom is -0.0991 e. The maximum atomic E-state index is 3.77. The van der Waals surface area contributed by atoms with E-state index in [1.807, 2.05) is 6.08 Å². The topological polar surface area (TPSA) is 0 Å². The van der Waals surface area contributed by atoms with Crippen LogP contribution in [0, 0.1) is 32.6 Å². The highest BCUT2D eigenvalue weighted by molar-refractivity contribution is 5.37. The van der Waals surface area contributed by atoms with Gasteiger partial charge in [-0.3, -0.25) is 0 Å². The minimum atomic E-state index is 0.692. The standard InChI is InChI=1S/C32H44/c1-8-11-24(2)12-9-13-25(3)16-18-31-22-28(6)29(7)23-32(31)19-17-27(5)21-30-15-10-14-26(4)20-30/h8-12,14-15,20,22-23,25,27H,1,13,16-19,21H2,2-7H3/b12-9+,24-11-. The second kappa shape index (κ2) is 13.3. The van der Waals surface area contributed by atoms with Crippen molar-refractivity contribution >= 4 is 0 Å². The first-order valence-electron chi connectivity index (χ1n) is 12.4. The van der Waals surface area contributed by atoms with Gasteiger partial charge in [-0.2, -0.15) is 0 Å². The van der Waals surface area contributed by atoms with Gasteiger partial charge in [0.25, 0.3) is 0 Å². The summed E-state index contributed by atoms with van der Waals surface area (Å²) in [5, 5.41) is 0. The van der Waals surface area contributed by atoms with Gasteiger partial charge in [0.15, 0.2) is 0 Å². The maximum Gasteiger partial charge on any atom is -0.0253 e. The number of hydrogen-bond acceptors (Lipinski definition) is 0. The second-order valence-corrected chi connectivity index (χ2v) is 9.97. The van der Waals surface area contributed by atoms with Gasteiger partial charge < -0.3 is 0 Å². The zero-order valence-electron chi connectivity index (χ0n) is 21.4. The van der Waals surface area contributed by atoms with Crippen LogP contribution in [-0.4, -0.2) is 0 Å². The van der Waals surface area contributed by atoms with Gasteiger partial charge in [0.2, 0.25) is 0 Å². The van der Waals surface area contributed by atoms with Crippen molar-refractivity contribution in [2.24, 2.45) is 11.8 Å². The number of benzene rings is 2. The molecule has 0 bridgehead atoms. The molecule has 2 aromatic rings. The fraction of sp³-hybridized carbons (Fsp3) is 0.438. The zero-order valence-corrected chi connectivity index (χ0v) is 21.4. The first kappa shape index (κ1) is 25.9. The summed E-state index contributed by atoms with van der Waals surface area (Å²) in [5.74, 6) is 1.39. The van der Waals surface area contributed by atoms with Crippen LogP contribution in [0.15, 0.2) is 72.9 Å². The van der Waals surface area contributed by atoms with E-state index in [0.717, 1.165) is 6.42 Å². The molecule has 0 spiro atoms. The number of hydrogen-bond donors (Lipinski definition) is 0. The maximum absolute atomic E-state index is 3.77. The molecule has 2 rings (SSSR count). The van der Waals surface area contributed by atoms with E-state index in [4.69, 9.17) is 0 Å². The summed E-state index contributed by atoms with van der Waals surface area (Å²) in [6.07, 6.45) is 15.6. The summed E-state index contributed by atoms with van der Waals surface area (Å²) < 4.78 is 0. The van der Waals surface area contributed by atoms with Gasteiger partial charge in [0.05, 0.1) is 0 Å². The predicted molar refractivity (Wildman–Crippen MR) is 143 cm³/mol. The Balaban J connectivity index is 1.96. The summed E-state index contributed by atoms with van der Waals surface area (Å²) in [6.45, 7) is 17.4. The smallest absolute Gasteiger partial charge is 0.0253 e. The van der Waals surface area contributed by atoms with Gasteiger partial charge in [0, 0.05) is 0 Å². The summed E-state index contributed by atoms with van der Waals surface area (Å²) in [7, 11) is 0. The number of rotatable bonds is 12.